The molecular formula is C11H16N2O3. The minimum absolute atomic E-state index is 0.278. The van der Waals surface area contributed by atoms with E-state index in [-0.39, 0.29) is 6.61 Å². The monoisotopic (exact) mass is 224 g/mol. The van der Waals surface area contributed by atoms with Crippen LogP contribution in [-0.2, 0) is 16.2 Å². The number of ether oxygens (including phenoxy) is 1. The van der Waals surface area contributed by atoms with Gasteiger partial charge in [-0.25, -0.2) is 10.7 Å². The molecule has 0 fully saturated rings. The quantitative estimate of drug-likeness (QED) is 0.562. The van der Waals surface area contributed by atoms with Crippen LogP contribution in [0.15, 0.2) is 30.3 Å². The lowest BCUT2D eigenvalue weighted by atomic mass is 10.2. The molecule has 0 spiro atoms. The fourth-order valence-corrected chi connectivity index (χ4v) is 1.12. The maximum Gasteiger partial charge on any atom is 0.407 e. The maximum atomic E-state index is 11.2. The first-order valence-corrected chi connectivity index (χ1v) is 5.09. The largest absolute Gasteiger partial charge is 0.445 e. The van der Waals surface area contributed by atoms with Crippen molar-refractivity contribution >= 4 is 6.09 Å². The van der Waals surface area contributed by atoms with E-state index >= 15 is 0 Å². The van der Waals surface area contributed by atoms with Gasteiger partial charge in [-0.2, -0.15) is 0 Å². The van der Waals surface area contributed by atoms with Crippen molar-refractivity contribution in [3.05, 3.63) is 35.9 Å². The Morgan fingerprint density at radius 3 is 2.75 bits per heavy atom. The Balaban J connectivity index is 2.11. The standard InChI is InChI=1S/C11H16N2O3/c12-16-8-4-7-13-11(14)15-9-10-5-2-1-3-6-10/h1-3,5-6H,4,7-9,12H2,(H,13,14). The molecule has 0 unspecified atom stereocenters. The van der Waals surface area contributed by atoms with Gasteiger partial charge < -0.3 is 14.9 Å². The number of alkyl carbamates (subject to hydrolysis) is 1. The predicted molar refractivity (Wildman–Crippen MR) is 59.4 cm³/mol. The first-order chi connectivity index (χ1) is 7.83. The second kappa shape index (κ2) is 7.67. The Morgan fingerprint density at radius 1 is 1.31 bits per heavy atom. The Hall–Kier alpha value is -1.59. The van der Waals surface area contributed by atoms with Gasteiger partial charge in [0.25, 0.3) is 0 Å². The van der Waals surface area contributed by atoms with Gasteiger partial charge in [0.1, 0.15) is 6.61 Å². The van der Waals surface area contributed by atoms with Crippen LogP contribution in [0, 0.1) is 0 Å². The molecule has 1 aromatic carbocycles. The molecule has 0 saturated carbocycles. The van der Waals surface area contributed by atoms with Crippen molar-refractivity contribution in [3.63, 3.8) is 0 Å². The summed E-state index contributed by atoms with van der Waals surface area (Å²) in [6, 6.07) is 9.51. The normalized spacial score (nSPS) is 9.81. The Labute approximate surface area is 94.5 Å². The van der Waals surface area contributed by atoms with E-state index in [9.17, 15) is 4.79 Å². The van der Waals surface area contributed by atoms with Crippen LogP contribution in [0.4, 0.5) is 4.79 Å². The third-order valence-electron chi connectivity index (χ3n) is 1.92. The summed E-state index contributed by atoms with van der Waals surface area (Å²) in [7, 11) is 0. The van der Waals surface area contributed by atoms with Crippen LogP contribution in [-0.4, -0.2) is 19.2 Å². The third-order valence-corrected chi connectivity index (χ3v) is 1.92. The average Bonchev–Trinajstić information content (AvgIpc) is 2.33. The van der Waals surface area contributed by atoms with E-state index in [0.29, 0.717) is 19.6 Å². The molecule has 3 N–H and O–H groups in total. The molecule has 5 heteroatoms. The fourth-order valence-electron chi connectivity index (χ4n) is 1.12. The minimum atomic E-state index is -0.430. The van der Waals surface area contributed by atoms with Crippen LogP contribution in [0.25, 0.3) is 0 Å². The second-order valence-electron chi connectivity index (χ2n) is 3.21. The van der Waals surface area contributed by atoms with E-state index in [4.69, 9.17) is 10.6 Å². The summed E-state index contributed by atoms with van der Waals surface area (Å²) in [4.78, 5) is 15.5. The van der Waals surface area contributed by atoms with Crippen molar-refractivity contribution in [1.29, 1.82) is 0 Å². The van der Waals surface area contributed by atoms with E-state index in [1.165, 1.54) is 0 Å². The van der Waals surface area contributed by atoms with Crippen LogP contribution in [0.1, 0.15) is 12.0 Å². The van der Waals surface area contributed by atoms with Crippen molar-refractivity contribution in [1.82, 2.24) is 5.32 Å². The van der Waals surface area contributed by atoms with Gasteiger partial charge in [0, 0.05) is 6.54 Å². The first-order valence-electron chi connectivity index (χ1n) is 5.09. The highest BCUT2D eigenvalue weighted by molar-refractivity contribution is 5.67. The van der Waals surface area contributed by atoms with Gasteiger partial charge in [-0.05, 0) is 12.0 Å². The number of benzene rings is 1. The molecule has 0 radical (unpaired) electrons. The summed E-state index contributed by atoms with van der Waals surface area (Å²) in [6.45, 7) is 1.18. The smallest absolute Gasteiger partial charge is 0.407 e. The fraction of sp³-hybridized carbons (Fsp3) is 0.364. The van der Waals surface area contributed by atoms with E-state index < -0.39 is 6.09 Å². The van der Waals surface area contributed by atoms with Crippen LogP contribution in [0.3, 0.4) is 0 Å². The van der Waals surface area contributed by atoms with Crippen LogP contribution in [0.5, 0.6) is 0 Å². The topological polar surface area (TPSA) is 73.6 Å². The lowest BCUT2D eigenvalue weighted by Crippen LogP contribution is -2.26. The van der Waals surface area contributed by atoms with Gasteiger partial charge in [0.2, 0.25) is 0 Å². The predicted octanol–water partition coefficient (Wildman–Crippen LogP) is 1.19. The zero-order valence-corrected chi connectivity index (χ0v) is 9.02. The molecule has 0 heterocycles. The van der Waals surface area contributed by atoms with Crippen molar-refractivity contribution < 1.29 is 14.4 Å². The van der Waals surface area contributed by atoms with Crippen LogP contribution < -0.4 is 11.2 Å². The molecule has 0 aliphatic heterocycles. The average molecular weight is 224 g/mol. The van der Waals surface area contributed by atoms with E-state index in [0.717, 1.165) is 5.56 Å². The van der Waals surface area contributed by atoms with Gasteiger partial charge >= 0.3 is 6.09 Å². The molecule has 16 heavy (non-hydrogen) atoms. The molecule has 0 aliphatic carbocycles. The lowest BCUT2D eigenvalue weighted by Gasteiger charge is -2.06. The third kappa shape index (κ3) is 5.33. The molecule has 88 valence electrons. The molecule has 0 aromatic heterocycles. The minimum Gasteiger partial charge on any atom is -0.445 e. The second-order valence-corrected chi connectivity index (χ2v) is 3.21. The van der Waals surface area contributed by atoms with Gasteiger partial charge in [-0.3, -0.25) is 0 Å². The maximum absolute atomic E-state index is 11.2. The summed E-state index contributed by atoms with van der Waals surface area (Å²) in [5.41, 5.74) is 0.961. The van der Waals surface area contributed by atoms with Gasteiger partial charge in [-0.1, -0.05) is 30.3 Å². The summed E-state index contributed by atoms with van der Waals surface area (Å²) in [5.74, 6) is 4.84. The Morgan fingerprint density at radius 2 is 2.06 bits per heavy atom. The molecule has 5 nitrogen and oxygen atoms in total. The molecule has 1 rings (SSSR count). The van der Waals surface area contributed by atoms with Gasteiger partial charge in [-0.15, -0.1) is 0 Å². The Kier molecular flexibility index (Phi) is 5.98. The number of amides is 1. The van der Waals surface area contributed by atoms with Crippen molar-refractivity contribution in [2.45, 2.75) is 13.0 Å². The highest BCUT2D eigenvalue weighted by Gasteiger charge is 2.00. The lowest BCUT2D eigenvalue weighted by molar-refractivity contribution is 0.126. The summed E-state index contributed by atoms with van der Waals surface area (Å²) >= 11 is 0. The number of carbonyl (C=O) groups is 1. The van der Waals surface area contributed by atoms with Crippen LogP contribution in [0.2, 0.25) is 0 Å². The molecular weight excluding hydrogens is 208 g/mol. The SMILES string of the molecule is NOCCCNC(=O)OCc1ccccc1. The number of rotatable bonds is 6. The van der Waals surface area contributed by atoms with E-state index in [1.54, 1.807) is 0 Å². The number of nitrogens with two attached hydrogens (primary N) is 1. The number of carbonyl (C=O) groups excluding carboxylic acids is 1. The summed E-state index contributed by atoms with van der Waals surface area (Å²) in [5, 5.41) is 2.59. The molecule has 1 aromatic rings. The van der Waals surface area contributed by atoms with Gasteiger partial charge in [0.15, 0.2) is 0 Å². The molecule has 0 aliphatic rings. The molecule has 0 bridgehead atoms. The van der Waals surface area contributed by atoms with Crippen molar-refractivity contribution in [2.24, 2.45) is 5.90 Å². The molecule has 0 saturated heterocycles. The molecule has 0 atom stereocenters. The van der Waals surface area contributed by atoms with E-state index in [2.05, 4.69) is 10.2 Å². The number of hydrogen-bond acceptors (Lipinski definition) is 4. The van der Waals surface area contributed by atoms with Crippen molar-refractivity contribution in [2.75, 3.05) is 13.2 Å². The summed E-state index contributed by atoms with van der Waals surface area (Å²) < 4.78 is 4.99. The number of hydrogen-bond donors (Lipinski definition) is 2. The van der Waals surface area contributed by atoms with Crippen LogP contribution >= 0.6 is 0 Å². The summed E-state index contributed by atoms with van der Waals surface area (Å²) in [6.07, 6.45) is 0.234. The van der Waals surface area contributed by atoms with E-state index in [1.807, 2.05) is 30.3 Å². The highest BCUT2D eigenvalue weighted by atomic mass is 16.6. The van der Waals surface area contributed by atoms with Gasteiger partial charge in [0.05, 0.1) is 6.61 Å². The highest BCUT2D eigenvalue weighted by Crippen LogP contribution is 2.00. The molecule has 1 amide bonds. The first kappa shape index (κ1) is 12.5. The zero-order valence-electron chi connectivity index (χ0n) is 9.02. The Bertz CT molecular complexity index is 303. The van der Waals surface area contributed by atoms with Crippen molar-refractivity contribution in [3.8, 4) is 0 Å². The zero-order chi connectivity index (χ0) is 11.6. The number of nitrogens with one attached hydrogen (secondary N) is 1.